The molecular formula is C15H22N2O2. The van der Waals surface area contributed by atoms with E-state index in [0.717, 1.165) is 31.8 Å². The monoisotopic (exact) mass is 262 g/mol. The second kappa shape index (κ2) is 6.55. The van der Waals surface area contributed by atoms with Crippen molar-refractivity contribution in [2.24, 2.45) is 5.92 Å². The second-order valence-electron chi connectivity index (χ2n) is 5.31. The third-order valence-electron chi connectivity index (χ3n) is 3.83. The van der Waals surface area contributed by atoms with E-state index in [0.29, 0.717) is 5.69 Å². The Bertz CT molecular complexity index is 481. The van der Waals surface area contributed by atoms with Crippen molar-refractivity contribution in [1.82, 2.24) is 9.88 Å². The molecule has 1 fully saturated rings. The van der Waals surface area contributed by atoms with Gasteiger partial charge in [-0.05, 0) is 31.2 Å². The maximum Gasteiger partial charge on any atom is 0.270 e. The lowest BCUT2D eigenvalue weighted by Gasteiger charge is -2.20. The van der Waals surface area contributed by atoms with Crippen molar-refractivity contribution in [2.75, 3.05) is 13.1 Å². The first-order chi connectivity index (χ1) is 9.20. The zero-order valence-electron chi connectivity index (χ0n) is 11.5. The maximum absolute atomic E-state index is 12.3. The van der Waals surface area contributed by atoms with Crippen LogP contribution in [0.4, 0.5) is 0 Å². The Morgan fingerprint density at radius 2 is 2.21 bits per heavy atom. The van der Waals surface area contributed by atoms with E-state index in [4.69, 9.17) is 0 Å². The summed E-state index contributed by atoms with van der Waals surface area (Å²) in [6, 6.07) is 4.73. The zero-order valence-corrected chi connectivity index (χ0v) is 11.5. The van der Waals surface area contributed by atoms with Crippen LogP contribution in [0.1, 0.15) is 49.5 Å². The molecule has 19 heavy (non-hydrogen) atoms. The third kappa shape index (κ3) is 3.69. The highest BCUT2D eigenvalue weighted by atomic mass is 16.2. The Hall–Kier alpha value is -1.58. The van der Waals surface area contributed by atoms with Crippen molar-refractivity contribution in [1.29, 1.82) is 0 Å². The van der Waals surface area contributed by atoms with Crippen LogP contribution in [-0.2, 0) is 0 Å². The minimum absolute atomic E-state index is 0.0464. The van der Waals surface area contributed by atoms with Crippen LogP contribution < -0.4 is 5.56 Å². The van der Waals surface area contributed by atoms with E-state index in [1.54, 1.807) is 12.1 Å². The standard InChI is InChI=1S/C15H22N2O2/c1-2-5-12-6-4-10-17(11-9-12)15(19)13-7-3-8-14(18)16-13/h3,7-8,12H,2,4-6,9-11H2,1H3,(H,16,18). The van der Waals surface area contributed by atoms with Gasteiger partial charge in [-0.15, -0.1) is 0 Å². The number of carbonyl (C=O) groups is 1. The number of amides is 1. The van der Waals surface area contributed by atoms with Crippen molar-refractivity contribution in [3.8, 4) is 0 Å². The van der Waals surface area contributed by atoms with Crippen LogP contribution >= 0.6 is 0 Å². The fourth-order valence-corrected chi connectivity index (χ4v) is 2.81. The van der Waals surface area contributed by atoms with Crippen LogP contribution in [0, 0.1) is 5.92 Å². The van der Waals surface area contributed by atoms with Gasteiger partial charge in [0.1, 0.15) is 5.69 Å². The van der Waals surface area contributed by atoms with Crippen molar-refractivity contribution in [3.63, 3.8) is 0 Å². The van der Waals surface area contributed by atoms with Crippen LogP contribution in [0.3, 0.4) is 0 Å². The van der Waals surface area contributed by atoms with E-state index in [1.165, 1.54) is 25.3 Å². The van der Waals surface area contributed by atoms with Gasteiger partial charge in [0, 0.05) is 19.2 Å². The van der Waals surface area contributed by atoms with Gasteiger partial charge in [-0.25, -0.2) is 0 Å². The molecule has 0 bridgehead atoms. The summed E-state index contributed by atoms with van der Waals surface area (Å²) in [5, 5.41) is 0. The lowest BCUT2D eigenvalue weighted by molar-refractivity contribution is 0.0753. The van der Waals surface area contributed by atoms with Gasteiger partial charge in [-0.3, -0.25) is 9.59 Å². The van der Waals surface area contributed by atoms with Crippen LogP contribution in [0.5, 0.6) is 0 Å². The first-order valence-corrected chi connectivity index (χ1v) is 7.19. The Morgan fingerprint density at radius 3 is 2.95 bits per heavy atom. The molecular weight excluding hydrogens is 240 g/mol. The number of nitrogens with one attached hydrogen (secondary N) is 1. The molecule has 1 saturated heterocycles. The summed E-state index contributed by atoms with van der Waals surface area (Å²) in [6.45, 7) is 3.82. The van der Waals surface area contributed by atoms with Gasteiger partial charge in [0.05, 0.1) is 0 Å². The van der Waals surface area contributed by atoms with Gasteiger partial charge in [0.15, 0.2) is 0 Å². The fraction of sp³-hybridized carbons (Fsp3) is 0.600. The van der Waals surface area contributed by atoms with Crippen LogP contribution in [0.15, 0.2) is 23.0 Å². The molecule has 0 aromatic carbocycles. The third-order valence-corrected chi connectivity index (χ3v) is 3.83. The molecule has 1 unspecified atom stereocenters. The molecule has 1 aliphatic rings. The summed E-state index contributed by atoms with van der Waals surface area (Å²) in [6.07, 6.45) is 5.82. The molecule has 1 aromatic heterocycles. The summed E-state index contributed by atoms with van der Waals surface area (Å²) in [5.41, 5.74) is 0.186. The van der Waals surface area contributed by atoms with E-state index < -0.39 is 0 Å². The van der Waals surface area contributed by atoms with Gasteiger partial charge in [-0.1, -0.05) is 25.8 Å². The van der Waals surface area contributed by atoms with E-state index in [2.05, 4.69) is 11.9 Å². The first kappa shape index (κ1) is 13.8. The molecule has 1 atom stereocenters. The normalized spacial score (nSPS) is 20.1. The lowest BCUT2D eigenvalue weighted by atomic mass is 9.96. The number of likely N-dealkylation sites (tertiary alicyclic amines) is 1. The summed E-state index contributed by atoms with van der Waals surface area (Å²) in [7, 11) is 0. The number of H-pyrrole nitrogens is 1. The van der Waals surface area contributed by atoms with E-state index >= 15 is 0 Å². The number of hydrogen-bond donors (Lipinski definition) is 1. The molecule has 4 nitrogen and oxygen atoms in total. The molecule has 1 amide bonds. The van der Waals surface area contributed by atoms with Gasteiger partial charge < -0.3 is 9.88 Å². The Balaban J connectivity index is 2.02. The SMILES string of the molecule is CCCC1CCCN(C(=O)c2cccc(=O)[nH]2)CC1. The van der Waals surface area contributed by atoms with Gasteiger partial charge in [0.25, 0.3) is 5.91 Å². The van der Waals surface area contributed by atoms with Crippen LogP contribution in [0.25, 0.3) is 0 Å². The number of aromatic nitrogens is 1. The van der Waals surface area contributed by atoms with Gasteiger partial charge in [0.2, 0.25) is 5.56 Å². The summed E-state index contributed by atoms with van der Waals surface area (Å²) in [4.78, 5) is 28.1. The summed E-state index contributed by atoms with van der Waals surface area (Å²) < 4.78 is 0. The zero-order chi connectivity index (χ0) is 13.7. The number of rotatable bonds is 3. The quantitative estimate of drug-likeness (QED) is 0.909. The van der Waals surface area contributed by atoms with Crippen molar-refractivity contribution in [3.05, 3.63) is 34.2 Å². The summed E-state index contributed by atoms with van der Waals surface area (Å²) in [5.74, 6) is 0.701. The molecule has 104 valence electrons. The number of aromatic amines is 1. The molecule has 2 heterocycles. The predicted molar refractivity (Wildman–Crippen MR) is 75.2 cm³/mol. The smallest absolute Gasteiger partial charge is 0.270 e. The molecule has 0 saturated carbocycles. The molecule has 4 heteroatoms. The minimum atomic E-state index is -0.218. The van der Waals surface area contributed by atoms with Crippen molar-refractivity contribution >= 4 is 5.91 Å². The topological polar surface area (TPSA) is 53.2 Å². The second-order valence-corrected chi connectivity index (χ2v) is 5.31. The molecule has 1 aromatic rings. The molecule has 1 aliphatic heterocycles. The largest absolute Gasteiger partial charge is 0.337 e. The molecule has 1 N–H and O–H groups in total. The molecule has 0 aliphatic carbocycles. The van der Waals surface area contributed by atoms with Crippen LogP contribution in [0.2, 0.25) is 0 Å². The number of hydrogen-bond acceptors (Lipinski definition) is 2. The lowest BCUT2D eigenvalue weighted by Crippen LogP contribution is -2.33. The average molecular weight is 262 g/mol. The van der Waals surface area contributed by atoms with E-state index in [9.17, 15) is 9.59 Å². The molecule has 0 radical (unpaired) electrons. The summed E-state index contributed by atoms with van der Waals surface area (Å²) >= 11 is 0. The van der Waals surface area contributed by atoms with E-state index in [1.807, 2.05) is 4.90 Å². The maximum atomic E-state index is 12.3. The molecule has 2 rings (SSSR count). The molecule has 0 spiro atoms. The highest BCUT2D eigenvalue weighted by Gasteiger charge is 2.21. The van der Waals surface area contributed by atoms with Gasteiger partial charge in [-0.2, -0.15) is 0 Å². The van der Waals surface area contributed by atoms with Gasteiger partial charge >= 0.3 is 0 Å². The Morgan fingerprint density at radius 1 is 1.37 bits per heavy atom. The predicted octanol–water partition coefficient (Wildman–Crippen LogP) is 2.42. The van der Waals surface area contributed by atoms with E-state index in [-0.39, 0.29) is 11.5 Å². The van der Waals surface area contributed by atoms with Crippen LogP contribution in [-0.4, -0.2) is 28.9 Å². The highest BCUT2D eigenvalue weighted by molar-refractivity contribution is 5.92. The first-order valence-electron chi connectivity index (χ1n) is 7.19. The average Bonchev–Trinajstić information content (AvgIpc) is 2.64. The Labute approximate surface area is 113 Å². The number of carbonyl (C=O) groups excluding carboxylic acids is 1. The number of pyridine rings is 1. The minimum Gasteiger partial charge on any atom is -0.337 e. The van der Waals surface area contributed by atoms with Crippen molar-refractivity contribution < 1.29 is 4.79 Å². The fourth-order valence-electron chi connectivity index (χ4n) is 2.81. The highest BCUT2D eigenvalue weighted by Crippen LogP contribution is 2.22. The van der Waals surface area contributed by atoms with Crippen molar-refractivity contribution in [2.45, 2.75) is 39.0 Å². The Kier molecular flexibility index (Phi) is 4.77. The number of nitrogens with zero attached hydrogens (tertiary/aromatic N) is 1.